The molecule has 4 heteroatoms. The van der Waals surface area contributed by atoms with Crippen molar-refractivity contribution in [2.45, 2.75) is 33.2 Å². The summed E-state index contributed by atoms with van der Waals surface area (Å²) in [5.41, 5.74) is 5.15. The topological polar surface area (TPSA) is 46.9 Å². The van der Waals surface area contributed by atoms with E-state index in [0.717, 1.165) is 29.8 Å². The summed E-state index contributed by atoms with van der Waals surface area (Å²) in [5, 5.41) is 8.00. The Labute approximate surface area is 148 Å². The van der Waals surface area contributed by atoms with Crippen molar-refractivity contribution in [3.05, 3.63) is 77.6 Å². The summed E-state index contributed by atoms with van der Waals surface area (Å²) in [7, 11) is 0. The van der Waals surface area contributed by atoms with Crippen LogP contribution in [0.3, 0.4) is 0 Å². The molecule has 0 fully saturated rings. The third-order valence-corrected chi connectivity index (χ3v) is 4.20. The second-order valence-corrected chi connectivity index (χ2v) is 6.10. The van der Waals surface area contributed by atoms with Gasteiger partial charge in [0.1, 0.15) is 0 Å². The fraction of sp³-hybridized carbons (Fsp3) is 0.238. The highest BCUT2D eigenvalue weighted by Crippen LogP contribution is 2.19. The third-order valence-electron chi connectivity index (χ3n) is 4.20. The maximum Gasteiger partial charge on any atom is 0.159 e. The number of aromatic nitrogens is 2. The number of carbonyl (C=O) groups is 1. The lowest BCUT2D eigenvalue weighted by Gasteiger charge is -2.11. The van der Waals surface area contributed by atoms with Crippen LogP contribution in [0.2, 0.25) is 0 Å². The fourth-order valence-corrected chi connectivity index (χ4v) is 2.90. The van der Waals surface area contributed by atoms with Crippen LogP contribution in [0.5, 0.6) is 0 Å². The average Bonchev–Trinajstić information content (AvgIpc) is 3.04. The Hall–Kier alpha value is -2.88. The minimum atomic E-state index is 0.0761. The monoisotopic (exact) mass is 333 g/mol. The van der Waals surface area contributed by atoms with Crippen LogP contribution in [0.25, 0.3) is 5.69 Å². The van der Waals surface area contributed by atoms with E-state index in [0.29, 0.717) is 6.54 Å². The molecule has 0 saturated heterocycles. The van der Waals surface area contributed by atoms with Crippen molar-refractivity contribution in [3.63, 3.8) is 0 Å². The number of nitrogens with zero attached hydrogens (tertiary/aromatic N) is 2. The number of nitrogens with one attached hydrogen (secondary N) is 1. The highest BCUT2D eigenvalue weighted by molar-refractivity contribution is 5.94. The Bertz CT molecular complexity index is 853. The molecule has 3 aromatic rings. The van der Waals surface area contributed by atoms with Crippen molar-refractivity contribution in [2.75, 3.05) is 5.32 Å². The van der Waals surface area contributed by atoms with Crippen LogP contribution in [0, 0.1) is 0 Å². The number of hydrogen-bond donors (Lipinski definition) is 1. The molecule has 4 nitrogen and oxygen atoms in total. The molecule has 0 bridgehead atoms. The number of para-hydroxylation sites is 1. The molecule has 2 aromatic carbocycles. The molecule has 0 radical (unpaired) electrons. The summed E-state index contributed by atoms with van der Waals surface area (Å²) < 4.78 is 2.02. The number of Topliss-reactive ketones (excluding diaryl/α,β-unsaturated/α-hetero) is 1. The van der Waals surface area contributed by atoms with Crippen molar-refractivity contribution in [1.82, 2.24) is 9.78 Å². The van der Waals surface area contributed by atoms with Crippen molar-refractivity contribution >= 4 is 11.5 Å². The number of carbonyl (C=O) groups excluding carboxylic acids is 1. The lowest BCUT2D eigenvalue weighted by Crippen LogP contribution is -2.06. The maximum absolute atomic E-state index is 11.5. The van der Waals surface area contributed by atoms with Crippen molar-refractivity contribution in [1.29, 1.82) is 0 Å². The van der Waals surface area contributed by atoms with Gasteiger partial charge in [0.15, 0.2) is 5.78 Å². The molecule has 0 spiro atoms. The first-order valence-electron chi connectivity index (χ1n) is 8.65. The highest BCUT2D eigenvalue weighted by atomic mass is 16.1. The van der Waals surface area contributed by atoms with Gasteiger partial charge in [-0.15, -0.1) is 0 Å². The first kappa shape index (κ1) is 17.0. The summed E-state index contributed by atoms with van der Waals surface area (Å²) in [6, 6.07) is 17.8. The molecule has 0 aliphatic carbocycles. The van der Waals surface area contributed by atoms with Crippen molar-refractivity contribution < 1.29 is 4.79 Å². The van der Waals surface area contributed by atoms with Gasteiger partial charge in [0.05, 0.1) is 11.9 Å². The molecule has 0 saturated carbocycles. The molecule has 0 aliphatic heterocycles. The van der Waals surface area contributed by atoms with E-state index in [-0.39, 0.29) is 5.78 Å². The number of rotatable bonds is 7. The van der Waals surface area contributed by atoms with Gasteiger partial charge in [0, 0.05) is 29.1 Å². The Morgan fingerprint density at radius 1 is 1.12 bits per heavy atom. The molecule has 128 valence electrons. The van der Waals surface area contributed by atoms with Gasteiger partial charge in [-0.3, -0.25) is 4.79 Å². The molecule has 0 atom stereocenters. The molecule has 1 heterocycles. The minimum Gasteiger partial charge on any atom is -0.381 e. The Balaban J connectivity index is 1.82. The quantitative estimate of drug-likeness (QED) is 0.641. The van der Waals surface area contributed by atoms with E-state index < -0.39 is 0 Å². The normalized spacial score (nSPS) is 10.6. The molecule has 1 aromatic heterocycles. The zero-order valence-corrected chi connectivity index (χ0v) is 14.7. The standard InChI is InChI=1S/C21H23N3O/c1-3-8-21-18(15-23-24(21)20-11-5-4-6-12-20)14-22-19-10-7-9-17(13-19)16(2)25/h4-7,9-13,15,22H,3,8,14H2,1-2H3. The van der Waals surface area contributed by atoms with Crippen LogP contribution in [0.15, 0.2) is 60.8 Å². The second-order valence-electron chi connectivity index (χ2n) is 6.10. The molecule has 0 aliphatic rings. The lowest BCUT2D eigenvalue weighted by molar-refractivity contribution is 0.101. The Morgan fingerprint density at radius 3 is 2.64 bits per heavy atom. The number of anilines is 1. The molecular formula is C21H23N3O. The summed E-state index contributed by atoms with van der Waals surface area (Å²) in [4.78, 5) is 11.5. The number of hydrogen-bond acceptors (Lipinski definition) is 3. The number of benzene rings is 2. The maximum atomic E-state index is 11.5. The molecular weight excluding hydrogens is 310 g/mol. The van der Waals surface area contributed by atoms with Gasteiger partial charge in [-0.2, -0.15) is 5.10 Å². The zero-order valence-electron chi connectivity index (χ0n) is 14.7. The van der Waals surface area contributed by atoms with Crippen LogP contribution >= 0.6 is 0 Å². The molecule has 25 heavy (non-hydrogen) atoms. The van der Waals surface area contributed by atoms with Gasteiger partial charge < -0.3 is 5.32 Å². The second kappa shape index (κ2) is 7.79. The zero-order chi connectivity index (χ0) is 17.6. The summed E-state index contributed by atoms with van der Waals surface area (Å²) in [6.07, 6.45) is 3.96. The van der Waals surface area contributed by atoms with Crippen LogP contribution in [-0.4, -0.2) is 15.6 Å². The highest BCUT2D eigenvalue weighted by Gasteiger charge is 2.11. The smallest absolute Gasteiger partial charge is 0.159 e. The van der Waals surface area contributed by atoms with Crippen LogP contribution in [0.1, 0.15) is 41.9 Å². The SMILES string of the molecule is CCCc1c(CNc2cccc(C(C)=O)c2)cnn1-c1ccccc1. The van der Waals surface area contributed by atoms with Crippen LogP contribution in [-0.2, 0) is 13.0 Å². The average molecular weight is 333 g/mol. The third kappa shape index (κ3) is 3.97. The van der Waals surface area contributed by atoms with E-state index in [2.05, 4.69) is 29.5 Å². The lowest BCUT2D eigenvalue weighted by atomic mass is 10.1. The fourth-order valence-electron chi connectivity index (χ4n) is 2.90. The summed E-state index contributed by atoms with van der Waals surface area (Å²) in [6.45, 7) is 4.45. The predicted molar refractivity (Wildman–Crippen MR) is 101 cm³/mol. The van der Waals surface area contributed by atoms with Crippen LogP contribution < -0.4 is 5.32 Å². The van der Waals surface area contributed by atoms with Gasteiger partial charge in [0.2, 0.25) is 0 Å². The summed E-state index contributed by atoms with van der Waals surface area (Å²) >= 11 is 0. The van der Waals surface area contributed by atoms with Gasteiger partial charge in [-0.1, -0.05) is 43.7 Å². The molecule has 1 N–H and O–H groups in total. The molecule has 0 unspecified atom stereocenters. The van der Waals surface area contributed by atoms with Gasteiger partial charge in [-0.05, 0) is 37.6 Å². The Morgan fingerprint density at radius 2 is 1.92 bits per heavy atom. The van der Waals surface area contributed by atoms with Crippen molar-refractivity contribution in [2.24, 2.45) is 0 Å². The minimum absolute atomic E-state index is 0.0761. The number of ketones is 1. The van der Waals surface area contributed by atoms with E-state index in [1.165, 1.54) is 11.3 Å². The van der Waals surface area contributed by atoms with Gasteiger partial charge in [0.25, 0.3) is 0 Å². The summed E-state index contributed by atoms with van der Waals surface area (Å²) in [5.74, 6) is 0.0761. The largest absolute Gasteiger partial charge is 0.381 e. The van der Waals surface area contributed by atoms with Gasteiger partial charge >= 0.3 is 0 Å². The van der Waals surface area contributed by atoms with Gasteiger partial charge in [-0.25, -0.2) is 4.68 Å². The van der Waals surface area contributed by atoms with Crippen LogP contribution in [0.4, 0.5) is 5.69 Å². The van der Waals surface area contributed by atoms with E-state index >= 15 is 0 Å². The first-order valence-corrected chi connectivity index (χ1v) is 8.65. The van der Waals surface area contributed by atoms with E-state index in [1.807, 2.05) is 53.3 Å². The van der Waals surface area contributed by atoms with E-state index in [9.17, 15) is 4.79 Å². The molecule has 0 amide bonds. The van der Waals surface area contributed by atoms with E-state index in [1.54, 1.807) is 6.92 Å². The van der Waals surface area contributed by atoms with Crippen molar-refractivity contribution in [3.8, 4) is 5.69 Å². The van der Waals surface area contributed by atoms with E-state index in [4.69, 9.17) is 0 Å². The first-order chi connectivity index (χ1) is 12.2. The predicted octanol–water partition coefficient (Wildman–Crippen LogP) is 4.64. The molecule has 3 rings (SSSR count). The Kier molecular flexibility index (Phi) is 5.29.